The van der Waals surface area contributed by atoms with Crippen molar-refractivity contribution in [1.82, 2.24) is 9.66 Å². The molecule has 0 aliphatic rings. The van der Waals surface area contributed by atoms with Crippen molar-refractivity contribution in [1.29, 1.82) is 0 Å². The molecule has 0 unspecified atom stereocenters. The van der Waals surface area contributed by atoms with Gasteiger partial charge in [0.05, 0.1) is 29.3 Å². The third kappa shape index (κ3) is 4.94. The SMILES string of the molecule is CCCCOC(=O)c1ccc(-c2ccc(C=Nn3c(-c4cc5ccccc5o4)nc4ccccc4c3=O)o2)cc1. The minimum Gasteiger partial charge on any atom is -0.462 e. The molecule has 198 valence electrons. The van der Waals surface area contributed by atoms with Crippen LogP contribution < -0.4 is 5.56 Å². The van der Waals surface area contributed by atoms with Crippen LogP contribution in [0.4, 0.5) is 0 Å². The van der Waals surface area contributed by atoms with Gasteiger partial charge in [-0.25, -0.2) is 9.78 Å². The molecule has 6 aromatic rings. The third-order valence-electron chi connectivity index (χ3n) is 6.46. The summed E-state index contributed by atoms with van der Waals surface area (Å²) < 4.78 is 18.5. The van der Waals surface area contributed by atoms with E-state index in [9.17, 15) is 9.59 Å². The molecule has 0 spiro atoms. The first kappa shape index (κ1) is 25.1. The highest BCUT2D eigenvalue weighted by Crippen LogP contribution is 2.27. The summed E-state index contributed by atoms with van der Waals surface area (Å²) in [5, 5.41) is 5.79. The largest absolute Gasteiger partial charge is 0.462 e. The van der Waals surface area contributed by atoms with E-state index in [-0.39, 0.29) is 17.4 Å². The molecule has 0 saturated heterocycles. The van der Waals surface area contributed by atoms with Gasteiger partial charge in [-0.15, -0.1) is 0 Å². The van der Waals surface area contributed by atoms with E-state index in [1.165, 1.54) is 10.9 Å². The van der Waals surface area contributed by atoms with Crippen LogP contribution in [0, 0.1) is 0 Å². The maximum absolute atomic E-state index is 13.5. The first-order valence-electron chi connectivity index (χ1n) is 13.0. The number of hydrogen-bond donors (Lipinski definition) is 0. The predicted octanol–water partition coefficient (Wildman–Crippen LogP) is 6.91. The molecule has 3 aromatic heterocycles. The summed E-state index contributed by atoms with van der Waals surface area (Å²) in [6, 6.07) is 27.1. The Kier molecular flexibility index (Phi) is 6.80. The van der Waals surface area contributed by atoms with Crippen molar-refractivity contribution in [2.24, 2.45) is 5.10 Å². The highest BCUT2D eigenvalue weighted by molar-refractivity contribution is 5.90. The highest BCUT2D eigenvalue weighted by atomic mass is 16.5. The summed E-state index contributed by atoms with van der Waals surface area (Å²) in [4.78, 5) is 30.3. The molecule has 0 atom stereocenters. The van der Waals surface area contributed by atoms with Crippen molar-refractivity contribution in [2.75, 3.05) is 6.61 Å². The number of aromatic nitrogens is 2. The Bertz CT molecular complexity index is 1880. The lowest BCUT2D eigenvalue weighted by atomic mass is 10.1. The van der Waals surface area contributed by atoms with Crippen LogP contribution in [0.5, 0.6) is 0 Å². The molecular formula is C32H25N3O5. The molecule has 0 aliphatic carbocycles. The van der Waals surface area contributed by atoms with Gasteiger partial charge in [0.2, 0.25) is 5.82 Å². The van der Waals surface area contributed by atoms with Gasteiger partial charge in [-0.1, -0.05) is 55.8 Å². The Morgan fingerprint density at radius 3 is 2.58 bits per heavy atom. The van der Waals surface area contributed by atoms with Gasteiger partial charge in [0, 0.05) is 10.9 Å². The van der Waals surface area contributed by atoms with E-state index in [0.29, 0.717) is 45.9 Å². The standard InChI is InChI=1S/C32H25N3O5/c1-2-3-18-38-32(37)22-14-12-21(13-15-22)28-17-16-24(39-28)20-33-35-30(29-19-23-8-4-7-11-27(23)40-29)34-26-10-6-5-9-25(26)31(35)36/h4-17,19-20H,2-3,18H2,1H3. The molecule has 8 nitrogen and oxygen atoms in total. The van der Waals surface area contributed by atoms with Crippen LogP contribution in [-0.2, 0) is 4.74 Å². The summed E-state index contributed by atoms with van der Waals surface area (Å²) in [5.41, 5.74) is 2.18. The van der Waals surface area contributed by atoms with Crippen molar-refractivity contribution in [3.63, 3.8) is 0 Å². The highest BCUT2D eigenvalue weighted by Gasteiger charge is 2.16. The van der Waals surface area contributed by atoms with Gasteiger partial charge in [-0.05, 0) is 55.0 Å². The quantitative estimate of drug-likeness (QED) is 0.120. The maximum atomic E-state index is 13.5. The van der Waals surface area contributed by atoms with Crippen LogP contribution >= 0.6 is 0 Å². The second kappa shape index (κ2) is 10.9. The van der Waals surface area contributed by atoms with Gasteiger partial charge in [-0.2, -0.15) is 9.78 Å². The van der Waals surface area contributed by atoms with Crippen LogP contribution in [0.25, 0.3) is 44.8 Å². The smallest absolute Gasteiger partial charge is 0.338 e. The number of nitrogens with zero attached hydrogens (tertiary/aromatic N) is 3. The van der Waals surface area contributed by atoms with Crippen molar-refractivity contribution >= 4 is 34.1 Å². The Morgan fingerprint density at radius 1 is 0.950 bits per heavy atom. The van der Waals surface area contributed by atoms with Gasteiger partial charge in [-0.3, -0.25) is 4.79 Å². The Balaban J connectivity index is 1.31. The van der Waals surface area contributed by atoms with Crippen molar-refractivity contribution in [2.45, 2.75) is 19.8 Å². The normalized spacial score (nSPS) is 11.5. The Morgan fingerprint density at radius 2 is 1.75 bits per heavy atom. The van der Waals surface area contributed by atoms with Crippen molar-refractivity contribution < 1.29 is 18.4 Å². The van der Waals surface area contributed by atoms with Gasteiger partial charge < -0.3 is 13.6 Å². The number of esters is 1. The molecule has 0 bridgehead atoms. The molecule has 3 heterocycles. The molecule has 0 N–H and O–H groups in total. The van der Waals surface area contributed by atoms with E-state index in [0.717, 1.165) is 23.8 Å². The monoisotopic (exact) mass is 531 g/mol. The molecule has 0 fully saturated rings. The van der Waals surface area contributed by atoms with E-state index >= 15 is 0 Å². The number of carbonyl (C=O) groups is 1. The fourth-order valence-corrected chi connectivity index (χ4v) is 4.34. The van der Waals surface area contributed by atoms with Gasteiger partial charge >= 0.3 is 5.97 Å². The number of benzene rings is 3. The average Bonchev–Trinajstić information content (AvgIpc) is 3.64. The number of fused-ring (bicyclic) bond motifs is 2. The zero-order valence-electron chi connectivity index (χ0n) is 21.7. The summed E-state index contributed by atoms with van der Waals surface area (Å²) in [6.45, 7) is 2.45. The Labute approximate surface area is 229 Å². The lowest BCUT2D eigenvalue weighted by Gasteiger charge is -2.06. The van der Waals surface area contributed by atoms with Crippen LogP contribution in [0.15, 0.2) is 110 Å². The second-order valence-corrected chi connectivity index (χ2v) is 9.23. The minimum atomic E-state index is -0.345. The molecule has 0 aliphatic heterocycles. The fraction of sp³-hybridized carbons (Fsp3) is 0.125. The summed E-state index contributed by atoms with van der Waals surface area (Å²) in [7, 11) is 0. The molecular weight excluding hydrogens is 506 g/mol. The lowest BCUT2D eigenvalue weighted by Crippen LogP contribution is -2.20. The summed E-state index contributed by atoms with van der Waals surface area (Å²) >= 11 is 0. The first-order chi connectivity index (χ1) is 19.6. The third-order valence-corrected chi connectivity index (χ3v) is 6.46. The van der Waals surface area contributed by atoms with Gasteiger partial charge in [0.15, 0.2) is 5.76 Å². The minimum absolute atomic E-state index is 0.282. The maximum Gasteiger partial charge on any atom is 0.338 e. The molecule has 6 rings (SSSR count). The summed E-state index contributed by atoms with van der Waals surface area (Å²) in [6.07, 6.45) is 3.26. The molecule has 40 heavy (non-hydrogen) atoms. The van der Waals surface area contributed by atoms with Crippen LogP contribution in [-0.4, -0.2) is 28.5 Å². The number of rotatable bonds is 8. The summed E-state index contributed by atoms with van der Waals surface area (Å²) in [5.74, 6) is 1.39. The molecule has 0 saturated carbocycles. The van der Waals surface area contributed by atoms with E-state index in [1.807, 2.05) is 43.3 Å². The molecule has 3 aromatic carbocycles. The topological polar surface area (TPSA) is 99.8 Å². The number of furan rings is 2. The molecule has 0 radical (unpaired) electrons. The van der Waals surface area contributed by atoms with Crippen LogP contribution in [0.3, 0.4) is 0 Å². The zero-order chi connectivity index (χ0) is 27.5. The first-order valence-corrected chi connectivity index (χ1v) is 13.0. The van der Waals surface area contributed by atoms with Crippen LogP contribution in [0.2, 0.25) is 0 Å². The van der Waals surface area contributed by atoms with Crippen molar-refractivity contribution in [3.8, 4) is 22.9 Å². The zero-order valence-corrected chi connectivity index (χ0v) is 21.7. The number of hydrogen-bond acceptors (Lipinski definition) is 7. The van der Waals surface area contributed by atoms with E-state index in [2.05, 4.69) is 5.10 Å². The lowest BCUT2D eigenvalue weighted by molar-refractivity contribution is 0.0499. The average molecular weight is 532 g/mol. The van der Waals surface area contributed by atoms with E-state index in [1.54, 1.807) is 54.6 Å². The van der Waals surface area contributed by atoms with Crippen molar-refractivity contribution in [3.05, 3.63) is 113 Å². The van der Waals surface area contributed by atoms with Crippen LogP contribution in [0.1, 0.15) is 35.9 Å². The second-order valence-electron chi connectivity index (χ2n) is 9.23. The Hall–Kier alpha value is -5.24. The number of carbonyl (C=O) groups excluding carboxylic acids is 1. The number of unbranched alkanes of at least 4 members (excludes halogenated alkanes) is 1. The van der Waals surface area contributed by atoms with Gasteiger partial charge in [0.1, 0.15) is 17.1 Å². The molecule has 0 amide bonds. The fourth-order valence-electron chi connectivity index (χ4n) is 4.34. The number of ether oxygens (including phenoxy) is 1. The predicted molar refractivity (Wildman–Crippen MR) is 154 cm³/mol. The van der Waals surface area contributed by atoms with Gasteiger partial charge in [0.25, 0.3) is 5.56 Å². The van der Waals surface area contributed by atoms with E-state index in [4.69, 9.17) is 18.6 Å². The number of para-hydroxylation sites is 2. The molecule has 8 heteroatoms. The van der Waals surface area contributed by atoms with E-state index < -0.39 is 0 Å².